The number of hydrogen-bond acceptors (Lipinski definition) is 0. The van der Waals surface area contributed by atoms with Gasteiger partial charge in [-0.25, -0.2) is 0 Å². The quantitative estimate of drug-likeness (QED) is 0.422. The molecule has 3 rings (SSSR count). The van der Waals surface area contributed by atoms with Crippen LogP contribution in [0.15, 0.2) is 0 Å². The first-order valence-electron chi connectivity index (χ1n) is 10.4. The molecule has 1 spiro atoms. The topological polar surface area (TPSA) is 0 Å². The third-order valence-corrected chi connectivity index (χ3v) is 6.13. The molecule has 0 bridgehead atoms. The van der Waals surface area contributed by atoms with Gasteiger partial charge in [-0.15, -0.1) is 0 Å². The fourth-order valence-corrected chi connectivity index (χ4v) is 3.93. The Labute approximate surface area is 142 Å². The van der Waals surface area contributed by atoms with Gasteiger partial charge in [0, 0.05) is 0 Å². The van der Waals surface area contributed by atoms with E-state index in [4.69, 9.17) is 0 Å². The average molecular weight is 311 g/mol. The first kappa shape index (κ1) is 22.0. The molecule has 3 aliphatic rings. The van der Waals surface area contributed by atoms with Crippen LogP contribution < -0.4 is 0 Å². The predicted octanol–water partition coefficient (Wildman–Crippen LogP) is 8.25. The number of rotatable bonds is 0. The highest BCUT2D eigenvalue weighted by atomic mass is 14.5. The van der Waals surface area contributed by atoms with Crippen LogP contribution in [0, 0.1) is 22.7 Å². The van der Waals surface area contributed by atoms with Gasteiger partial charge in [0.05, 0.1) is 0 Å². The van der Waals surface area contributed by atoms with Gasteiger partial charge in [-0.1, -0.05) is 87.5 Å². The summed E-state index contributed by atoms with van der Waals surface area (Å²) in [7, 11) is 0. The molecule has 1 unspecified atom stereocenters. The Morgan fingerprint density at radius 1 is 0.636 bits per heavy atom. The van der Waals surface area contributed by atoms with Crippen LogP contribution in [0.3, 0.4) is 0 Å². The van der Waals surface area contributed by atoms with Gasteiger partial charge < -0.3 is 0 Å². The van der Waals surface area contributed by atoms with Gasteiger partial charge >= 0.3 is 0 Å². The van der Waals surface area contributed by atoms with E-state index in [9.17, 15) is 0 Å². The van der Waals surface area contributed by atoms with E-state index in [0.717, 1.165) is 17.3 Å². The van der Waals surface area contributed by atoms with E-state index in [1.54, 1.807) is 19.3 Å². The molecule has 0 aromatic heterocycles. The lowest BCUT2D eigenvalue weighted by Gasteiger charge is -2.32. The zero-order valence-corrected chi connectivity index (χ0v) is 17.2. The molecule has 0 aromatic rings. The summed E-state index contributed by atoms with van der Waals surface area (Å²) >= 11 is 0. The summed E-state index contributed by atoms with van der Waals surface area (Å²) in [6.45, 7) is 17.6. The second-order valence-electron chi connectivity index (χ2n) is 8.36. The van der Waals surface area contributed by atoms with Gasteiger partial charge in [0.2, 0.25) is 0 Å². The lowest BCUT2D eigenvalue weighted by molar-refractivity contribution is 0.201. The van der Waals surface area contributed by atoms with E-state index in [1.807, 2.05) is 27.7 Å². The summed E-state index contributed by atoms with van der Waals surface area (Å²) in [5, 5.41) is 0. The SMILES string of the molecule is CC.CC.CC1CCC(C)(C)CC1.CC1CCCCC12CC2. The highest BCUT2D eigenvalue weighted by Crippen LogP contribution is 2.59. The molecule has 0 heterocycles. The van der Waals surface area contributed by atoms with Gasteiger partial charge in [-0.05, 0) is 54.8 Å². The van der Waals surface area contributed by atoms with E-state index in [2.05, 4.69) is 27.7 Å². The lowest BCUT2D eigenvalue weighted by atomic mass is 9.74. The molecule has 0 aromatic carbocycles. The van der Waals surface area contributed by atoms with Crippen LogP contribution in [0.25, 0.3) is 0 Å². The third kappa shape index (κ3) is 7.51. The third-order valence-electron chi connectivity index (χ3n) is 6.13. The predicted molar refractivity (Wildman–Crippen MR) is 103 cm³/mol. The summed E-state index contributed by atoms with van der Waals surface area (Å²) in [6.07, 6.45) is 15.0. The summed E-state index contributed by atoms with van der Waals surface area (Å²) < 4.78 is 0. The zero-order valence-electron chi connectivity index (χ0n) is 17.2. The normalized spacial score (nSPS) is 28.1. The molecule has 0 nitrogen and oxygen atoms in total. The standard InChI is InChI=1S/C9H16.C9H18.2C2H6/c1-8-4-2-3-5-9(8)6-7-9;1-8-4-6-9(2,3)7-5-8;2*1-2/h8H,2-7H2,1H3;8H,4-7H2,1-3H3;2*1-2H3. The molecule has 0 amide bonds. The van der Waals surface area contributed by atoms with Gasteiger partial charge in [0.1, 0.15) is 0 Å². The maximum Gasteiger partial charge on any atom is -0.0271 e. The van der Waals surface area contributed by atoms with E-state index in [-0.39, 0.29) is 0 Å². The fourth-order valence-electron chi connectivity index (χ4n) is 3.93. The minimum atomic E-state index is 0.659. The van der Waals surface area contributed by atoms with Crippen molar-refractivity contribution in [2.75, 3.05) is 0 Å². The highest BCUT2D eigenvalue weighted by molar-refractivity contribution is 4.98. The van der Waals surface area contributed by atoms with Crippen molar-refractivity contribution >= 4 is 0 Å². The van der Waals surface area contributed by atoms with Crippen molar-refractivity contribution in [3.05, 3.63) is 0 Å². The van der Waals surface area contributed by atoms with E-state index in [0.29, 0.717) is 5.41 Å². The Bertz CT molecular complexity index is 249. The molecule has 3 saturated carbocycles. The first-order valence-corrected chi connectivity index (χ1v) is 10.4. The van der Waals surface area contributed by atoms with Crippen LogP contribution in [-0.4, -0.2) is 0 Å². The van der Waals surface area contributed by atoms with Crippen LogP contribution >= 0.6 is 0 Å². The van der Waals surface area contributed by atoms with Crippen molar-refractivity contribution in [1.82, 2.24) is 0 Å². The molecule has 3 fully saturated rings. The molecule has 3 aliphatic carbocycles. The van der Waals surface area contributed by atoms with Crippen molar-refractivity contribution in [2.24, 2.45) is 22.7 Å². The van der Waals surface area contributed by atoms with Crippen LogP contribution in [0.1, 0.15) is 120 Å². The molecule has 0 aliphatic heterocycles. The van der Waals surface area contributed by atoms with Gasteiger partial charge in [0.15, 0.2) is 0 Å². The van der Waals surface area contributed by atoms with Gasteiger partial charge in [-0.3, -0.25) is 0 Å². The lowest BCUT2D eigenvalue weighted by Crippen LogP contribution is -2.19. The van der Waals surface area contributed by atoms with Crippen LogP contribution in [0.4, 0.5) is 0 Å². The number of hydrogen-bond donors (Lipinski definition) is 0. The van der Waals surface area contributed by atoms with Gasteiger partial charge in [-0.2, -0.15) is 0 Å². The van der Waals surface area contributed by atoms with E-state index >= 15 is 0 Å². The molecule has 22 heavy (non-hydrogen) atoms. The maximum absolute atomic E-state index is 2.45. The molecular formula is C22H46. The van der Waals surface area contributed by atoms with Gasteiger partial charge in [0.25, 0.3) is 0 Å². The average Bonchev–Trinajstić information content (AvgIpc) is 3.31. The van der Waals surface area contributed by atoms with Crippen molar-refractivity contribution in [1.29, 1.82) is 0 Å². The molecule has 1 atom stereocenters. The van der Waals surface area contributed by atoms with Crippen molar-refractivity contribution in [3.63, 3.8) is 0 Å². The second kappa shape index (κ2) is 10.7. The van der Waals surface area contributed by atoms with Crippen molar-refractivity contribution in [3.8, 4) is 0 Å². The molecule has 0 saturated heterocycles. The fraction of sp³-hybridized carbons (Fsp3) is 1.00. The summed E-state index contributed by atoms with van der Waals surface area (Å²) in [4.78, 5) is 0. The Hall–Kier alpha value is 0. The second-order valence-corrected chi connectivity index (χ2v) is 8.36. The maximum atomic E-state index is 2.45. The Morgan fingerprint density at radius 3 is 1.45 bits per heavy atom. The van der Waals surface area contributed by atoms with Crippen molar-refractivity contribution in [2.45, 2.75) is 120 Å². The Kier molecular flexibility index (Phi) is 10.7. The molecule has 0 heteroatoms. The molecule has 134 valence electrons. The summed E-state index contributed by atoms with van der Waals surface area (Å²) in [5.74, 6) is 2.06. The minimum Gasteiger partial charge on any atom is -0.0683 e. The van der Waals surface area contributed by atoms with Crippen LogP contribution in [0.5, 0.6) is 0 Å². The minimum absolute atomic E-state index is 0.659. The van der Waals surface area contributed by atoms with E-state index in [1.165, 1.54) is 44.9 Å². The van der Waals surface area contributed by atoms with Crippen LogP contribution in [-0.2, 0) is 0 Å². The molecular weight excluding hydrogens is 264 g/mol. The monoisotopic (exact) mass is 310 g/mol. The largest absolute Gasteiger partial charge is 0.0683 e. The Morgan fingerprint density at radius 2 is 1.14 bits per heavy atom. The summed E-state index contributed by atoms with van der Waals surface area (Å²) in [6, 6.07) is 0. The first-order chi connectivity index (χ1) is 10.4. The van der Waals surface area contributed by atoms with Crippen LogP contribution in [0.2, 0.25) is 0 Å². The smallest absolute Gasteiger partial charge is 0.0271 e. The zero-order chi connectivity index (χ0) is 17.2. The van der Waals surface area contributed by atoms with Crippen molar-refractivity contribution < 1.29 is 0 Å². The van der Waals surface area contributed by atoms with E-state index < -0.39 is 0 Å². The highest BCUT2D eigenvalue weighted by Gasteiger charge is 2.47. The summed E-state index contributed by atoms with van der Waals surface area (Å²) in [5.41, 5.74) is 1.55. The Balaban J connectivity index is 0.000000328. The molecule has 0 N–H and O–H groups in total. The molecule has 0 radical (unpaired) electrons.